The largest absolute Gasteiger partial charge is 0.508 e. The number of esters is 1. The molecule has 1 aliphatic rings. The van der Waals surface area contributed by atoms with E-state index in [1.54, 1.807) is 26.0 Å². The predicted molar refractivity (Wildman–Crippen MR) is 98.0 cm³/mol. The molecule has 2 aromatic rings. The average molecular weight is 405 g/mol. The van der Waals surface area contributed by atoms with Gasteiger partial charge in [-0.1, -0.05) is 29.8 Å². The number of carbonyl (C=O) groups is 2. The van der Waals surface area contributed by atoms with Gasteiger partial charge in [0.25, 0.3) is 10.0 Å². The zero-order valence-electron chi connectivity index (χ0n) is 15.2. The monoisotopic (exact) mass is 405 g/mol. The van der Waals surface area contributed by atoms with Gasteiger partial charge in [-0.3, -0.25) is 0 Å². The zero-order valence-corrected chi connectivity index (χ0v) is 16.0. The minimum Gasteiger partial charge on any atom is -0.508 e. The third-order valence-corrected chi connectivity index (χ3v) is 6.04. The lowest BCUT2D eigenvalue weighted by atomic mass is 10.0. The van der Waals surface area contributed by atoms with E-state index in [0.29, 0.717) is 9.87 Å². The number of rotatable bonds is 5. The number of benzene rings is 2. The van der Waals surface area contributed by atoms with E-state index in [2.05, 4.69) is 0 Å². The molecule has 0 bridgehead atoms. The highest BCUT2D eigenvalue weighted by atomic mass is 32.2. The first-order valence-electron chi connectivity index (χ1n) is 8.53. The van der Waals surface area contributed by atoms with Gasteiger partial charge in [-0.05, 0) is 43.7 Å². The van der Waals surface area contributed by atoms with Crippen molar-refractivity contribution in [3.8, 4) is 5.75 Å². The lowest BCUT2D eigenvalue weighted by Gasteiger charge is -2.24. The number of sulfonamides is 1. The highest BCUT2D eigenvalue weighted by Crippen LogP contribution is 2.39. The summed E-state index contributed by atoms with van der Waals surface area (Å²) in [4.78, 5) is 24.7. The maximum Gasteiger partial charge on any atom is 0.425 e. The molecule has 8 nitrogen and oxygen atoms in total. The molecule has 0 radical (unpaired) electrons. The van der Waals surface area contributed by atoms with Crippen molar-refractivity contribution >= 4 is 22.1 Å². The summed E-state index contributed by atoms with van der Waals surface area (Å²) in [6.07, 6.45) is -2.63. The van der Waals surface area contributed by atoms with Crippen LogP contribution in [0.5, 0.6) is 5.75 Å². The smallest absolute Gasteiger partial charge is 0.425 e. The molecule has 1 heterocycles. The van der Waals surface area contributed by atoms with Crippen LogP contribution in [0.1, 0.15) is 24.1 Å². The van der Waals surface area contributed by atoms with Gasteiger partial charge in [-0.25, -0.2) is 18.0 Å². The van der Waals surface area contributed by atoms with Crippen molar-refractivity contribution in [1.82, 2.24) is 4.31 Å². The first-order chi connectivity index (χ1) is 13.3. The topological polar surface area (TPSA) is 110 Å². The van der Waals surface area contributed by atoms with Crippen LogP contribution in [-0.2, 0) is 24.3 Å². The summed E-state index contributed by atoms with van der Waals surface area (Å²) in [6.45, 7) is 3.43. The Hall–Kier alpha value is -3.07. The lowest BCUT2D eigenvalue weighted by Crippen LogP contribution is -2.37. The van der Waals surface area contributed by atoms with Crippen LogP contribution in [0, 0.1) is 6.92 Å². The van der Waals surface area contributed by atoms with Crippen LogP contribution in [0.15, 0.2) is 53.4 Å². The van der Waals surface area contributed by atoms with Gasteiger partial charge in [0, 0.05) is 0 Å². The Bertz CT molecular complexity index is 984. The van der Waals surface area contributed by atoms with E-state index in [9.17, 15) is 23.1 Å². The number of hydrogen-bond donors (Lipinski definition) is 1. The molecule has 1 N–H and O–H groups in total. The molecule has 9 heteroatoms. The Labute approximate surface area is 162 Å². The highest BCUT2D eigenvalue weighted by molar-refractivity contribution is 7.89. The quantitative estimate of drug-likeness (QED) is 0.761. The molecule has 1 fully saturated rings. The van der Waals surface area contributed by atoms with Crippen molar-refractivity contribution in [2.75, 3.05) is 6.61 Å². The van der Waals surface area contributed by atoms with Crippen molar-refractivity contribution in [3.63, 3.8) is 0 Å². The molecular formula is C19H19NO7S. The summed E-state index contributed by atoms with van der Waals surface area (Å²) in [5, 5.41) is 9.52. The molecule has 3 rings (SSSR count). The van der Waals surface area contributed by atoms with Crippen LogP contribution < -0.4 is 0 Å². The second kappa shape index (κ2) is 7.51. The van der Waals surface area contributed by atoms with Crippen molar-refractivity contribution in [3.05, 3.63) is 59.7 Å². The van der Waals surface area contributed by atoms with Gasteiger partial charge < -0.3 is 14.6 Å². The van der Waals surface area contributed by atoms with Gasteiger partial charge >= 0.3 is 12.1 Å². The highest BCUT2D eigenvalue weighted by Gasteiger charge is 2.53. The van der Waals surface area contributed by atoms with E-state index < -0.39 is 34.2 Å². The van der Waals surface area contributed by atoms with E-state index >= 15 is 0 Å². The SMILES string of the molecule is CCOC(=O)[C@H]1OC(=O)N(S(=O)(=O)c2ccc(C)cc2)[C@@H]1c1ccc(O)cc1. The summed E-state index contributed by atoms with van der Waals surface area (Å²) in [7, 11) is -4.30. The molecule has 1 saturated heterocycles. The van der Waals surface area contributed by atoms with Crippen LogP contribution in [0.25, 0.3) is 0 Å². The molecule has 1 amide bonds. The van der Waals surface area contributed by atoms with Gasteiger partial charge in [0.15, 0.2) is 0 Å². The van der Waals surface area contributed by atoms with E-state index in [4.69, 9.17) is 9.47 Å². The lowest BCUT2D eigenvalue weighted by molar-refractivity contribution is -0.152. The summed E-state index contributed by atoms with van der Waals surface area (Å²) in [5.74, 6) is -0.898. The summed E-state index contributed by atoms with van der Waals surface area (Å²) in [5.41, 5.74) is 1.15. The number of phenols is 1. The predicted octanol–water partition coefficient (Wildman–Crippen LogP) is 2.51. The first kappa shape index (κ1) is 19.7. The normalized spacial score (nSPS) is 19.4. The molecule has 1 aliphatic heterocycles. The molecule has 0 aliphatic carbocycles. The standard InChI is InChI=1S/C19H19NO7S/c1-3-26-18(22)17-16(13-6-8-14(21)9-7-13)20(19(23)27-17)28(24,25)15-10-4-12(2)5-11-15/h4-11,16-17,21H,3H2,1-2H3/t16-,17+/m1/s1. The molecule has 0 aromatic heterocycles. The van der Waals surface area contributed by atoms with Gasteiger partial charge in [0.2, 0.25) is 6.10 Å². The Balaban J connectivity index is 2.11. The first-order valence-corrected chi connectivity index (χ1v) is 9.97. The number of aromatic hydroxyl groups is 1. The Morgan fingerprint density at radius 1 is 1.14 bits per heavy atom. The van der Waals surface area contributed by atoms with Gasteiger partial charge in [-0.2, -0.15) is 4.31 Å². The second-order valence-corrected chi connectivity index (χ2v) is 8.02. The fourth-order valence-corrected chi connectivity index (χ4v) is 4.39. The number of amides is 1. The van der Waals surface area contributed by atoms with Crippen LogP contribution in [0.2, 0.25) is 0 Å². The molecule has 0 spiro atoms. The molecule has 2 atom stereocenters. The van der Waals surface area contributed by atoms with Crippen LogP contribution in [0.4, 0.5) is 4.79 Å². The minimum atomic E-state index is -4.30. The summed E-state index contributed by atoms with van der Waals surface area (Å²) < 4.78 is 36.9. The number of cyclic esters (lactones) is 1. The summed E-state index contributed by atoms with van der Waals surface area (Å²) in [6, 6.07) is 10.2. The third kappa shape index (κ3) is 3.53. The maximum absolute atomic E-state index is 13.2. The zero-order chi connectivity index (χ0) is 20.5. The molecule has 0 saturated carbocycles. The fourth-order valence-electron chi connectivity index (χ4n) is 2.92. The van der Waals surface area contributed by atoms with Crippen molar-refractivity contribution < 1.29 is 32.6 Å². The molecule has 28 heavy (non-hydrogen) atoms. The van der Waals surface area contributed by atoms with Crippen molar-refractivity contribution in [1.29, 1.82) is 0 Å². The van der Waals surface area contributed by atoms with Crippen LogP contribution in [0.3, 0.4) is 0 Å². The van der Waals surface area contributed by atoms with Gasteiger partial charge in [0.05, 0.1) is 11.5 Å². The molecular weight excluding hydrogens is 386 g/mol. The van der Waals surface area contributed by atoms with Gasteiger partial charge in [-0.15, -0.1) is 0 Å². The van der Waals surface area contributed by atoms with Crippen LogP contribution >= 0.6 is 0 Å². The van der Waals surface area contributed by atoms with E-state index in [-0.39, 0.29) is 17.3 Å². The van der Waals surface area contributed by atoms with E-state index in [1.165, 1.54) is 36.4 Å². The number of aryl methyl sites for hydroxylation is 1. The minimum absolute atomic E-state index is 0.0416. The number of hydrogen-bond acceptors (Lipinski definition) is 7. The Morgan fingerprint density at radius 2 is 1.75 bits per heavy atom. The van der Waals surface area contributed by atoms with Crippen molar-refractivity contribution in [2.24, 2.45) is 0 Å². The molecule has 148 valence electrons. The second-order valence-electron chi connectivity index (χ2n) is 6.21. The summed E-state index contributed by atoms with van der Waals surface area (Å²) >= 11 is 0. The van der Waals surface area contributed by atoms with Crippen LogP contribution in [-0.4, -0.2) is 42.6 Å². The number of nitrogens with zero attached hydrogens (tertiary/aromatic N) is 1. The van der Waals surface area contributed by atoms with Gasteiger partial charge in [0.1, 0.15) is 11.8 Å². The number of carbonyl (C=O) groups excluding carboxylic acids is 2. The number of ether oxygens (including phenoxy) is 2. The Kier molecular flexibility index (Phi) is 5.28. The van der Waals surface area contributed by atoms with E-state index in [1.807, 2.05) is 0 Å². The maximum atomic E-state index is 13.2. The molecule has 2 aromatic carbocycles. The third-order valence-electron chi connectivity index (χ3n) is 4.28. The number of phenolic OH excluding ortho intramolecular Hbond substituents is 1. The Morgan fingerprint density at radius 3 is 2.32 bits per heavy atom. The molecule has 0 unspecified atom stereocenters. The average Bonchev–Trinajstić information content (AvgIpc) is 3.01. The van der Waals surface area contributed by atoms with E-state index in [0.717, 1.165) is 5.56 Å². The van der Waals surface area contributed by atoms with Crippen molar-refractivity contribution in [2.45, 2.75) is 30.9 Å². The fraction of sp³-hybridized carbons (Fsp3) is 0.263.